The van der Waals surface area contributed by atoms with E-state index in [0.717, 1.165) is 24.2 Å². The van der Waals surface area contributed by atoms with Crippen molar-refractivity contribution in [3.05, 3.63) is 71.8 Å². The number of hydrogen-bond acceptors (Lipinski definition) is 6. The summed E-state index contributed by atoms with van der Waals surface area (Å²) in [6.07, 6.45) is 3.55. The first-order valence-electron chi connectivity index (χ1n) is 14.9. The van der Waals surface area contributed by atoms with Gasteiger partial charge >= 0.3 is 0 Å². The summed E-state index contributed by atoms with van der Waals surface area (Å²) >= 11 is 0. The predicted molar refractivity (Wildman–Crippen MR) is 169 cm³/mol. The van der Waals surface area contributed by atoms with Crippen molar-refractivity contribution in [1.29, 1.82) is 0 Å². The minimum absolute atomic E-state index is 0.0183. The van der Waals surface area contributed by atoms with Crippen molar-refractivity contribution in [2.24, 2.45) is 5.92 Å². The summed E-state index contributed by atoms with van der Waals surface area (Å²) in [7, 11) is -3.99. The lowest BCUT2D eigenvalue weighted by Crippen LogP contribution is -2.50. The molecule has 6 nitrogen and oxygen atoms in total. The maximum absolute atomic E-state index is 13.5. The molecule has 0 amide bonds. The zero-order valence-electron chi connectivity index (χ0n) is 26.0. The van der Waals surface area contributed by atoms with Gasteiger partial charge in [0.15, 0.2) is 18.2 Å². The molecule has 0 unspecified atom stereocenters. The van der Waals surface area contributed by atoms with Crippen LogP contribution in [0.2, 0.25) is 16.6 Å². The number of rotatable bonds is 15. The fourth-order valence-electron chi connectivity index (χ4n) is 6.33. The van der Waals surface area contributed by atoms with Crippen LogP contribution in [-0.2, 0) is 30.3 Å². The van der Waals surface area contributed by atoms with Gasteiger partial charge in [0.25, 0.3) is 0 Å². The highest BCUT2D eigenvalue weighted by Gasteiger charge is 2.46. The molecule has 41 heavy (non-hydrogen) atoms. The highest BCUT2D eigenvalue weighted by molar-refractivity contribution is 7.91. The van der Waals surface area contributed by atoms with Crippen molar-refractivity contribution in [3.63, 3.8) is 0 Å². The number of ether oxygens (including phenoxy) is 3. The number of methoxy groups -OCH3 is 1. The van der Waals surface area contributed by atoms with Gasteiger partial charge in [-0.2, -0.15) is 0 Å². The van der Waals surface area contributed by atoms with Crippen LogP contribution in [0.4, 0.5) is 0 Å². The quantitative estimate of drug-likeness (QED) is 0.119. The third-order valence-electron chi connectivity index (χ3n) is 8.47. The van der Waals surface area contributed by atoms with E-state index in [2.05, 4.69) is 47.6 Å². The molecule has 0 spiro atoms. The molecule has 2 aromatic rings. The van der Waals surface area contributed by atoms with Gasteiger partial charge in [0, 0.05) is 12.5 Å². The lowest BCUT2D eigenvalue weighted by atomic mass is 9.95. The van der Waals surface area contributed by atoms with Crippen molar-refractivity contribution in [1.82, 2.24) is 0 Å². The van der Waals surface area contributed by atoms with Crippen molar-refractivity contribution < 1.29 is 27.1 Å². The molecular weight excluding hydrogens is 553 g/mol. The Morgan fingerprint density at radius 1 is 0.951 bits per heavy atom. The topological polar surface area (TPSA) is 71.1 Å². The predicted octanol–water partition coefficient (Wildman–Crippen LogP) is 7.60. The second-order valence-corrected chi connectivity index (χ2v) is 19.6. The normalized spacial score (nSPS) is 18.4. The van der Waals surface area contributed by atoms with Gasteiger partial charge in [-0.1, -0.05) is 78.0 Å². The molecule has 1 aliphatic heterocycles. The molecule has 0 radical (unpaired) electrons. The molecule has 1 heterocycles. The summed E-state index contributed by atoms with van der Waals surface area (Å²) in [4.78, 5) is 0.357. The maximum Gasteiger partial charge on any atom is 0.200 e. The molecule has 228 valence electrons. The van der Waals surface area contributed by atoms with Gasteiger partial charge in [0.2, 0.25) is 0 Å². The summed E-state index contributed by atoms with van der Waals surface area (Å²) in [6, 6.07) is 16.6. The summed E-state index contributed by atoms with van der Waals surface area (Å²) in [6.45, 7) is 15.5. The van der Waals surface area contributed by atoms with Gasteiger partial charge in [0.1, 0.15) is 5.75 Å². The summed E-state index contributed by atoms with van der Waals surface area (Å²) < 4.78 is 51.3. The first kappa shape index (κ1) is 33.5. The molecule has 2 atom stereocenters. The second kappa shape index (κ2) is 15.5. The Bertz CT molecular complexity index is 1160. The summed E-state index contributed by atoms with van der Waals surface area (Å²) in [5.41, 5.74) is 3.56. The molecule has 1 fully saturated rings. The van der Waals surface area contributed by atoms with Gasteiger partial charge in [-0.15, -0.1) is 0 Å². The van der Waals surface area contributed by atoms with Crippen LogP contribution in [0, 0.1) is 5.92 Å². The fourth-order valence-corrected chi connectivity index (χ4v) is 13.5. The number of sulfone groups is 1. The van der Waals surface area contributed by atoms with E-state index in [0.29, 0.717) is 47.9 Å². The smallest absolute Gasteiger partial charge is 0.200 e. The minimum Gasteiger partial charge on any atom is -0.497 e. The Labute approximate surface area is 249 Å². The van der Waals surface area contributed by atoms with E-state index in [4.69, 9.17) is 18.6 Å². The van der Waals surface area contributed by atoms with Gasteiger partial charge in [-0.25, -0.2) is 8.42 Å². The highest BCUT2D eigenvalue weighted by atomic mass is 32.2. The molecular formula is C33H50O6SSi. The number of hydrogen-bond donors (Lipinski definition) is 0. The van der Waals surface area contributed by atoms with Gasteiger partial charge in [-0.3, -0.25) is 0 Å². The van der Waals surface area contributed by atoms with E-state index >= 15 is 0 Å². The Kier molecular flexibility index (Phi) is 12.7. The van der Waals surface area contributed by atoms with Gasteiger partial charge < -0.3 is 18.6 Å². The van der Waals surface area contributed by atoms with E-state index in [9.17, 15) is 8.42 Å². The van der Waals surface area contributed by atoms with Crippen LogP contribution in [0.1, 0.15) is 59.9 Å². The van der Waals surface area contributed by atoms with Gasteiger partial charge in [-0.05, 0) is 64.9 Å². The SMILES string of the molecule is COc1ccc(COC/C=C2/CC[C@H]([C@H](CO[Si](C(C)C)(C(C)C)C(C)C)CS(=O)(=O)c3ccccc3)OC2)cc1. The molecule has 8 heteroatoms. The van der Waals surface area contributed by atoms with E-state index in [1.54, 1.807) is 31.4 Å². The van der Waals surface area contributed by atoms with E-state index in [1.807, 2.05) is 30.3 Å². The fraction of sp³-hybridized carbons (Fsp3) is 0.576. The monoisotopic (exact) mass is 602 g/mol. The average molecular weight is 603 g/mol. The zero-order valence-corrected chi connectivity index (χ0v) is 27.8. The second-order valence-electron chi connectivity index (χ2n) is 12.1. The Balaban J connectivity index is 1.67. The maximum atomic E-state index is 13.5. The Hall–Kier alpha value is -1.97. The lowest BCUT2D eigenvalue weighted by molar-refractivity contribution is -0.00816. The number of benzene rings is 2. The van der Waals surface area contributed by atoms with Gasteiger partial charge in [0.05, 0.1) is 43.7 Å². The molecule has 1 aliphatic rings. The van der Waals surface area contributed by atoms with Crippen LogP contribution < -0.4 is 4.74 Å². The third kappa shape index (κ3) is 9.01. The van der Waals surface area contributed by atoms with Crippen LogP contribution in [0.25, 0.3) is 0 Å². The Morgan fingerprint density at radius 3 is 2.12 bits per heavy atom. The largest absolute Gasteiger partial charge is 0.497 e. The van der Waals surface area contributed by atoms with E-state index < -0.39 is 18.2 Å². The van der Waals surface area contributed by atoms with Crippen molar-refractivity contribution >= 4 is 18.2 Å². The standard InChI is InChI=1S/C33H50O6SSi/c1-25(2)41(26(3)4,27(5)6)39-23-30(24-40(34,35)32-11-9-8-10-12-32)33-18-15-29(22-38-33)19-20-37-21-28-13-16-31(36-7)17-14-28/h8-14,16-17,19,25-27,30,33H,15,18,20-24H2,1-7H3/b29-19-/t30-,33-/m1/s1. The lowest BCUT2D eigenvalue weighted by Gasteiger charge is -2.44. The molecule has 0 bridgehead atoms. The van der Waals surface area contributed by atoms with Crippen molar-refractivity contribution in [2.75, 3.05) is 32.7 Å². The molecule has 3 rings (SSSR count). The van der Waals surface area contributed by atoms with Crippen LogP contribution in [0.5, 0.6) is 5.75 Å². The van der Waals surface area contributed by atoms with Crippen LogP contribution in [-0.4, -0.2) is 55.5 Å². The first-order valence-corrected chi connectivity index (χ1v) is 18.7. The molecule has 2 aromatic carbocycles. The zero-order chi connectivity index (χ0) is 30.0. The Morgan fingerprint density at radius 2 is 1.59 bits per heavy atom. The van der Waals surface area contributed by atoms with Crippen LogP contribution in [0.3, 0.4) is 0 Å². The molecule has 0 saturated carbocycles. The van der Waals surface area contributed by atoms with E-state index in [1.165, 1.54) is 5.57 Å². The highest BCUT2D eigenvalue weighted by Crippen LogP contribution is 2.43. The van der Waals surface area contributed by atoms with Crippen molar-refractivity contribution in [2.45, 2.75) is 88.6 Å². The van der Waals surface area contributed by atoms with Crippen LogP contribution in [0.15, 0.2) is 71.1 Å². The van der Waals surface area contributed by atoms with E-state index in [-0.39, 0.29) is 17.8 Å². The molecule has 0 aliphatic carbocycles. The molecule has 0 N–H and O–H groups in total. The first-order chi connectivity index (χ1) is 19.5. The molecule has 1 saturated heterocycles. The summed E-state index contributed by atoms with van der Waals surface area (Å²) in [5.74, 6) is 0.608. The minimum atomic E-state index is -3.49. The van der Waals surface area contributed by atoms with Crippen LogP contribution >= 0.6 is 0 Å². The molecule has 0 aromatic heterocycles. The average Bonchev–Trinajstić information content (AvgIpc) is 2.95. The third-order valence-corrected chi connectivity index (χ3v) is 16.4. The summed E-state index contributed by atoms with van der Waals surface area (Å²) in [5, 5.41) is 0. The van der Waals surface area contributed by atoms with Crippen molar-refractivity contribution in [3.8, 4) is 5.75 Å².